The Bertz CT molecular complexity index is 229. The fourth-order valence-corrected chi connectivity index (χ4v) is 2.34. The number of rotatable bonds is 3. The maximum atomic E-state index is 10.8. The molecule has 1 saturated heterocycles. The van der Waals surface area contributed by atoms with Gasteiger partial charge in [0.05, 0.1) is 12.6 Å². The number of Topliss-reactive ketones (excluding diaryl/α,β-unsaturated/α-hetero) is 1. The number of thiocarbonyl (C=S) groups is 1. The van der Waals surface area contributed by atoms with Crippen LogP contribution in [-0.4, -0.2) is 39.6 Å². The second kappa shape index (κ2) is 4.00. The molecule has 3 nitrogen and oxygen atoms in total. The van der Waals surface area contributed by atoms with Crippen molar-refractivity contribution in [2.45, 2.75) is 13.0 Å². The molecule has 1 aliphatic rings. The molecule has 66 valence electrons. The first-order valence-corrected chi connectivity index (χ1v) is 4.92. The summed E-state index contributed by atoms with van der Waals surface area (Å²) in [6, 6.07) is -0.202. The van der Waals surface area contributed by atoms with Gasteiger partial charge in [0.1, 0.15) is 16.4 Å². The number of carbonyl (C=O) groups excluding carboxylic acids is 2. The molecule has 0 radical (unpaired) electrons. The summed E-state index contributed by atoms with van der Waals surface area (Å²) in [6.07, 6.45) is 0.842. The Morgan fingerprint density at radius 3 is 3.08 bits per heavy atom. The van der Waals surface area contributed by atoms with E-state index in [1.807, 2.05) is 0 Å². The molecule has 0 N–H and O–H groups in total. The summed E-state index contributed by atoms with van der Waals surface area (Å²) in [4.78, 5) is 23.0. The summed E-state index contributed by atoms with van der Waals surface area (Å²) in [5.74, 6) is 0.710. The predicted octanol–water partition coefficient (Wildman–Crippen LogP) is 0.477. The highest BCUT2D eigenvalue weighted by atomic mass is 32.2. The van der Waals surface area contributed by atoms with Crippen molar-refractivity contribution in [3.05, 3.63) is 0 Å². The molecule has 12 heavy (non-hydrogen) atoms. The first-order chi connectivity index (χ1) is 5.65. The number of aldehydes is 1. The van der Waals surface area contributed by atoms with Crippen LogP contribution >= 0.6 is 24.0 Å². The van der Waals surface area contributed by atoms with Crippen molar-refractivity contribution >= 4 is 40.4 Å². The number of hydrogen-bond acceptors (Lipinski definition) is 4. The van der Waals surface area contributed by atoms with E-state index in [-0.39, 0.29) is 18.4 Å². The summed E-state index contributed by atoms with van der Waals surface area (Å²) in [5.41, 5.74) is 0. The number of ketones is 1. The minimum absolute atomic E-state index is 0.0340. The Morgan fingerprint density at radius 2 is 2.58 bits per heavy atom. The third-order valence-corrected chi connectivity index (χ3v) is 3.14. The summed E-state index contributed by atoms with van der Waals surface area (Å²) in [7, 11) is 0. The molecule has 0 aliphatic carbocycles. The van der Waals surface area contributed by atoms with Gasteiger partial charge in [-0.05, 0) is 6.92 Å². The molecule has 1 aliphatic heterocycles. The molecule has 1 unspecified atom stereocenters. The Morgan fingerprint density at radius 1 is 1.92 bits per heavy atom. The average molecular weight is 203 g/mol. The fourth-order valence-electron chi connectivity index (χ4n) is 0.999. The highest BCUT2D eigenvalue weighted by molar-refractivity contribution is 8.23. The van der Waals surface area contributed by atoms with E-state index in [0.717, 1.165) is 6.29 Å². The van der Waals surface area contributed by atoms with E-state index in [1.54, 1.807) is 4.90 Å². The van der Waals surface area contributed by atoms with Crippen molar-refractivity contribution in [2.75, 3.05) is 12.3 Å². The third-order valence-electron chi connectivity index (χ3n) is 1.56. The van der Waals surface area contributed by atoms with Gasteiger partial charge in [-0.2, -0.15) is 0 Å². The molecular formula is C7H9NO2S2. The lowest BCUT2D eigenvalue weighted by atomic mass is 10.3. The number of thioether (sulfide) groups is 1. The van der Waals surface area contributed by atoms with Crippen LogP contribution in [0.2, 0.25) is 0 Å². The minimum Gasteiger partial charge on any atom is -0.340 e. The van der Waals surface area contributed by atoms with E-state index in [2.05, 4.69) is 0 Å². The van der Waals surface area contributed by atoms with Gasteiger partial charge in [-0.1, -0.05) is 24.0 Å². The van der Waals surface area contributed by atoms with Crippen molar-refractivity contribution in [1.29, 1.82) is 0 Å². The van der Waals surface area contributed by atoms with Crippen LogP contribution in [0.1, 0.15) is 6.92 Å². The maximum Gasteiger partial charge on any atom is 0.149 e. The molecule has 0 aromatic heterocycles. The van der Waals surface area contributed by atoms with E-state index in [1.165, 1.54) is 18.7 Å². The van der Waals surface area contributed by atoms with E-state index in [9.17, 15) is 9.59 Å². The van der Waals surface area contributed by atoms with Gasteiger partial charge in [-0.25, -0.2) is 0 Å². The van der Waals surface area contributed by atoms with Crippen molar-refractivity contribution in [1.82, 2.24) is 4.90 Å². The standard InChI is InChI=1S/C7H9NO2S2/c1-5(10)2-8-6(3-9)4-12-7(8)11/h3,6H,2,4H2,1H3. The quantitative estimate of drug-likeness (QED) is 0.492. The van der Waals surface area contributed by atoms with Gasteiger partial charge >= 0.3 is 0 Å². The number of nitrogens with zero attached hydrogens (tertiary/aromatic N) is 1. The minimum atomic E-state index is -0.202. The molecule has 0 saturated carbocycles. The summed E-state index contributed by atoms with van der Waals surface area (Å²) in [6.45, 7) is 1.75. The normalized spacial score (nSPS) is 22.9. The van der Waals surface area contributed by atoms with Crippen LogP contribution in [0.5, 0.6) is 0 Å². The molecule has 1 fully saturated rings. The first-order valence-electron chi connectivity index (χ1n) is 3.53. The van der Waals surface area contributed by atoms with Crippen molar-refractivity contribution < 1.29 is 9.59 Å². The summed E-state index contributed by atoms with van der Waals surface area (Å²) < 4.78 is 0.655. The van der Waals surface area contributed by atoms with Crippen molar-refractivity contribution in [3.63, 3.8) is 0 Å². The molecule has 0 spiro atoms. The third kappa shape index (κ3) is 2.04. The van der Waals surface area contributed by atoms with Crippen molar-refractivity contribution in [3.8, 4) is 0 Å². The van der Waals surface area contributed by atoms with Gasteiger partial charge in [-0.3, -0.25) is 4.79 Å². The zero-order chi connectivity index (χ0) is 9.14. The molecule has 0 amide bonds. The molecule has 1 atom stereocenters. The van der Waals surface area contributed by atoms with E-state index in [4.69, 9.17) is 12.2 Å². The SMILES string of the molecule is CC(=O)CN1C(=S)SCC1C=O. The lowest BCUT2D eigenvalue weighted by Gasteiger charge is -2.19. The molecule has 0 aromatic carbocycles. The average Bonchev–Trinajstić information content (AvgIpc) is 2.32. The Kier molecular flexibility index (Phi) is 3.22. The molecule has 5 heteroatoms. The highest BCUT2D eigenvalue weighted by Gasteiger charge is 2.28. The fraction of sp³-hybridized carbons (Fsp3) is 0.571. The van der Waals surface area contributed by atoms with E-state index >= 15 is 0 Å². The number of carbonyl (C=O) groups is 2. The zero-order valence-corrected chi connectivity index (χ0v) is 8.28. The highest BCUT2D eigenvalue weighted by Crippen LogP contribution is 2.22. The van der Waals surface area contributed by atoms with Crippen LogP contribution in [0.25, 0.3) is 0 Å². The van der Waals surface area contributed by atoms with E-state index < -0.39 is 0 Å². The first kappa shape index (κ1) is 9.67. The van der Waals surface area contributed by atoms with Crippen LogP contribution in [0.15, 0.2) is 0 Å². The number of hydrogen-bond donors (Lipinski definition) is 0. The van der Waals surface area contributed by atoms with Crippen molar-refractivity contribution in [2.24, 2.45) is 0 Å². The monoisotopic (exact) mass is 203 g/mol. The second-order valence-corrected chi connectivity index (χ2v) is 4.26. The lowest BCUT2D eigenvalue weighted by Crippen LogP contribution is -2.37. The maximum absolute atomic E-state index is 10.8. The zero-order valence-electron chi connectivity index (χ0n) is 6.65. The van der Waals surface area contributed by atoms with Gasteiger partial charge < -0.3 is 9.69 Å². The van der Waals surface area contributed by atoms with Gasteiger partial charge in [-0.15, -0.1) is 0 Å². The Balaban J connectivity index is 2.63. The van der Waals surface area contributed by atoms with Crippen LogP contribution in [-0.2, 0) is 9.59 Å². The van der Waals surface area contributed by atoms with Crippen LogP contribution in [0.3, 0.4) is 0 Å². The Hall–Kier alpha value is -0.420. The molecule has 0 bridgehead atoms. The van der Waals surface area contributed by atoms with Gasteiger partial charge in [0.15, 0.2) is 0 Å². The largest absolute Gasteiger partial charge is 0.340 e. The summed E-state index contributed by atoms with van der Waals surface area (Å²) >= 11 is 6.43. The Labute approximate surface area is 80.5 Å². The van der Waals surface area contributed by atoms with Crippen LogP contribution in [0.4, 0.5) is 0 Å². The van der Waals surface area contributed by atoms with Gasteiger partial charge in [0.2, 0.25) is 0 Å². The smallest absolute Gasteiger partial charge is 0.149 e. The second-order valence-electron chi connectivity index (χ2n) is 2.61. The predicted molar refractivity (Wildman–Crippen MR) is 52.3 cm³/mol. The lowest BCUT2D eigenvalue weighted by molar-refractivity contribution is -0.118. The van der Waals surface area contributed by atoms with Gasteiger partial charge in [0, 0.05) is 5.75 Å². The molecular weight excluding hydrogens is 194 g/mol. The topological polar surface area (TPSA) is 37.4 Å². The van der Waals surface area contributed by atoms with Crippen LogP contribution < -0.4 is 0 Å². The van der Waals surface area contributed by atoms with Gasteiger partial charge in [0.25, 0.3) is 0 Å². The van der Waals surface area contributed by atoms with E-state index in [0.29, 0.717) is 10.1 Å². The van der Waals surface area contributed by atoms with Crippen LogP contribution in [0, 0.1) is 0 Å². The summed E-state index contributed by atoms with van der Waals surface area (Å²) in [5, 5.41) is 0. The molecule has 1 heterocycles. The molecule has 1 rings (SSSR count). The molecule has 0 aromatic rings.